The second-order valence-electron chi connectivity index (χ2n) is 3.02. The predicted octanol–water partition coefficient (Wildman–Crippen LogP) is 0.263. The summed E-state index contributed by atoms with van der Waals surface area (Å²) in [5.41, 5.74) is 0. The Morgan fingerprint density at radius 1 is 1.82 bits per heavy atom. The van der Waals surface area contributed by atoms with E-state index in [1.807, 2.05) is 7.05 Å². The van der Waals surface area contributed by atoms with E-state index in [1.165, 1.54) is 0 Å². The summed E-state index contributed by atoms with van der Waals surface area (Å²) in [6.45, 7) is 2.13. The maximum absolute atomic E-state index is 10.9. The van der Waals surface area contributed by atoms with E-state index in [9.17, 15) is 4.79 Å². The fourth-order valence-electron chi connectivity index (χ4n) is 1.63. The molecule has 64 valence electrons. The van der Waals surface area contributed by atoms with Crippen LogP contribution in [0.25, 0.3) is 0 Å². The molecule has 0 radical (unpaired) electrons. The van der Waals surface area contributed by atoms with Crippen LogP contribution in [0, 0.1) is 0 Å². The fourth-order valence-corrected chi connectivity index (χ4v) is 1.63. The molecule has 0 aliphatic carbocycles. The zero-order valence-electron chi connectivity index (χ0n) is 7.18. The first-order valence-electron chi connectivity index (χ1n) is 4.24. The van der Waals surface area contributed by atoms with Gasteiger partial charge in [0.05, 0.1) is 0 Å². The Hall–Kier alpha value is -0.570. The molecule has 3 heteroatoms. The van der Waals surface area contributed by atoms with Crippen molar-refractivity contribution >= 4 is 5.91 Å². The monoisotopic (exact) mass is 156 g/mol. The van der Waals surface area contributed by atoms with Crippen molar-refractivity contribution in [3.8, 4) is 0 Å². The average Bonchev–Trinajstić information content (AvgIpc) is 2.39. The molecule has 2 unspecified atom stereocenters. The largest absolute Gasteiger partial charge is 0.352 e. The molecule has 1 amide bonds. The normalized spacial score (nSPS) is 26.7. The van der Waals surface area contributed by atoms with Gasteiger partial charge < -0.3 is 10.6 Å². The van der Waals surface area contributed by atoms with Gasteiger partial charge >= 0.3 is 0 Å². The van der Waals surface area contributed by atoms with Gasteiger partial charge in [-0.3, -0.25) is 4.79 Å². The van der Waals surface area contributed by atoms with E-state index in [1.54, 1.807) is 0 Å². The van der Waals surface area contributed by atoms with Crippen LogP contribution in [-0.2, 0) is 4.79 Å². The van der Waals surface area contributed by atoms with Crippen LogP contribution in [0.4, 0.5) is 0 Å². The van der Waals surface area contributed by atoms with Gasteiger partial charge in [0.15, 0.2) is 0 Å². The van der Waals surface area contributed by atoms with Crippen LogP contribution in [0.1, 0.15) is 26.2 Å². The lowest BCUT2D eigenvalue weighted by Gasteiger charge is -2.20. The highest BCUT2D eigenvalue weighted by Gasteiger charge is 2.26. The van der Waals surface area contributed by atoms with E-state index in [0.29, 0.717) is 18.5 Å². The molecule has 2 atom stereocenters. The van der Waals surface area contributed by atoms with Crippen molar-refractivity contribution in [1.82, 2.24) is 10.6 Å². The van der Waals surface area contributed by atoms with Crippen LogP contribution in [0.3, 0.4) is 0 Å². The SMILES string of the molecule is CCC(NC)C1CCC(=O)N1. The maximum Gasteiger partial charge on any atom is 0.220 e. The molecule has 1 rings (SSSR count). The van der Waals surface area contributed by atoms with Gasteiger partial charge in [-0.1, -0.05) is 6.92 Å². The van der Waals surface area contributed by atoms with Crippen molar-refractivity contribution in [2.45, 2.75) is 38.3 Å². The highest BCUT2D eigenvalue weighted by molar-refractivity contribution is 5.78. The molecule has 0 aromatic heterocycles. The second-order valence-corrected chi connectivity index (χ2v) is 3.02. The number of hydrogen-bond acceptors (Lipinski definition) is 2. The van der Waals surface area contributed by atoms with E-state index >= 15 is 0 Å². The molecule has 1 heterocycles. The number of carbonyl (C=O) groups excluding carboxylic acids is 1. The summed E-state index contributed by atoms with van der Waals surface area (Å²) in [4.78, 5) is 10.9. The van der Waals surface area contributed by atoms with E-state index < -0.39 is 0 Å². The first-order valence-corrected chi connectivity index (χ1v) is 4.24. The van der Waals surface area contributed by atoms with Crippen LogP contribution in [0.15, 0.2) is 0 Å². The van der Waals surface area contributed by atoms with Crippen molar-refractivity contribution in [3.63, 3.8) is 0 Å². The molecular weight excluding hydrogens is 140 g/mol. The number of likely N-dealkylation sites (N-methyl/N-ethyl adjacent to an activating group) is 1. The summed E-state index contributed by atoms with van der Waals surface area (Å²) < 4.78 is 0. The molecule has 1 aliphatic heterocycles. The zero-order valence-corrected chi connectivity index (χ0v) is 7.18. The predicted molar refractivity (Wildman–Crippen MR) is 44.3 cm³/mol. The van der Waals surface area contributed by atoms with Gasteiger partial charge in [0.25, 0.3) is 0 Å². The third-order valence-electron chi connectivity index (χ3n) is 2.33. The van der Waals surface area contributed by atoms with Crippen LogP contribution >= 0.6 is 0 Å². The minimum absolute atomic E-state index is 0.198. The molecular formula is C8H16N2O. The lowest BCUT2D eigenvalue weighted by molar-refractivity contribution is -0.119. The smallest absolute Gasteiger partial charge is 0.220 e. The topological polar surface area (TPSA) is 41.1 Å². The van der Waals surface area contributed by atoms with E-state index in [0.717, 1.165) is 12.8 Å². The third-order valence-corrected chi connectivity index (χ3v) is 2.33. The van der Waals surface area contributed by atoms with Gasteiger partial charge in [0.2, 0.25) is 5.91 Å². The van der Waals surface area contributed by atoms with Crippen molar-refractivity contribution in [3.05, 3.63) is 0 Å². The quantitative estimate of drug-likeness (QED) is 0.615. The molecule has 2 N–H and O–H groups in total. The first kappa shape index (κ1) is 8.53. The van der Waals surface area contributed by atoms with Crippen molar-refractivity contribution < 1.29 is 4.79 Å². The Morgan fingerprint density at radius 3 is 2.91 bits per heavy atom. The van der Waals surface area contributed by atoms with Crippen molar-refractivity contribution in [2.24, 2.45) is 0 Å². The summed E-state index contributed by atoms with van der Waals surface area (Å²) >= 11 is 0. The Morgan fingerprint density at radius 2 is 2.55 bits per heavy atom. The minimum atomic E-state index is 0.198. The van der Waals surface area contributed by atoms with Crippen LogP contribution in [0.5, 0.6) is 0 Å². The summed E-state index contributed by atoms with van der Waals surface area (Å²) in [6, 6.07) is 0.805. The van der Waals surface area contributed by atoms with Crippen molar-refractivity contribution in [2.75, 3.05) is 7.05 Å². The molecule has 0 spiro atoms. The number of nitrogens with one attached hydrogen (secondary N) is 2. The number of carbonyl (C=O) groups is 1. The lowest BCUT2D eigenvalue weighted by atomic mass is 10.0. The Balaban J connectivity index is 2.40. The first-order chi connectivity index (χ1) is 5.27. The van der Waals surface area contributed by atoms with E-state index in [2.05, 4.69) is 17.6 Å². The average molecular weight is 156 g/mol. The minimum Gasteiger partial charge on any atom is -0.352 e. The van der Waals surface area contributed by atoms with Crippen LogP contribution < -0.4 is 10.6 Å². The van der Waals surface area contributed by atoms with E-state index in [-0.39, 0.29) is 5.91 Å². The van der Waals surface area contributed by atoms with Gasteiger partial charge in [0, 0.05) is 18.5 Å². The zero-order chi connectivity index (χ0) is 8.27. The molecule has 1 fully saturated rings. The van der Waals surface area contributed by atoms with Gasteiger partial charge in [-0.15, -0.1) is 0 Å². The number of hydrogen-bond donors (Lipinski definition) is 2. The maximum atomic E-state index is 10.9. The van der Waals surface area contributed by atoms with Gasteiger partial charge in [-0.25, -0.2) is 0 Å². The van der Waals surface area contributed by atoms with Crippen molar-refractivity contribution in [1.29, 1.82) is 0 Å². The molecule has 0 aromatic carbocycles. The van der Waals surface area contributed by atoms with Crippen LogP contribution in [-0.4, -0.2) is 25.0 Å². The highest BCUT2D eigenvalue weighted by Crippen LogP contribution is 2.11. The van der Waals surface area contributed by atoms with Gasteiger partial charge in [-0.2, -0.15) is 0 Å². The number of rotatable bonds is 3. The molecule has 1 aliphatic rings. The highest BCUT2D eigenvalue weighted by atomic mass is 16.1. The summed E-state index contributed by atoms with van der Waals surface area (Å²) in [7, 11) is 1.94. The third kappa shape index (κ3) is 1.93. The van der Waals surface area contributed by atoms with Gasteiger partial charge in [0.1, 0.15) is 0 Å². The standard InChI is InChI=1S/C8H16N2O/c1-3-6(9-2)7-4-5-8(11)10-7/h6-7,9H,3-5H2,1-2H3,(H,10,11). The Labute approximate surface area is 67.5 Å². The fraction of sp³-hybridized carbons (Fsp3) is 0.875. The number of amides is 1. The van der Waals surface area contributed by atoms with E-state index in [4.69, 9.17) is 0 Å². The molecule has 1 saturated heterocycles. The molecule has 0 bridgehead atoms. The Bertz CT molecular complexity index is 143. The van der Waals surface area contributed by atoms with Gasteiger partial charge in [-0.05, 0) is 19.9 Å². The lowest BCUT2D eigenvalue weighted by Crippen LogP contribution is -2.43. The summed E-state index contributed by atoms with van der Waals surface area (Å²) in [6.07, 6.45) is 2.75. The summed E-state index contributed by atoms with van der Waals surface area (Å²) in [5.74, 6) is 0.198. The Kier molecular flexibility index (Phi) is 2.88. The van der Waals surface area contributed by atoms with Crippen LogP contribution in [0.2, 0.25) is 0 Å². The second kappa shape index (κ2) is 3.72. The molecule has 3 nitrogen and oxygen atoms in total. The molecule has 0 saturated carbocycles. The summed E-state index contributed by atoms with van der Waals surface area (Å²) in [5, 5.41) is 6.15. The molecule has 0 aromatic rings. The molecule has 11 heavy (non-hydrogen) atoms.